The molecular weight excluding hydrogens is 449 g/mol. The van der Waals surface area contributed by atoms with E-state index in [4.69, 9.17) is 0 Å². The number of anilines is 2. The fraction of sp³-hybridized carbons (Fsp3) is 0.455. The predicted molar refractivity (Wildman–Crippen MR) is 128 cm³/mol. The van der Waals surface area contributed by atoms with Gasteiger partial charge in [0.15, 0.2) is 15.9 Å². The molecule has 32 heavy (non-hydrogen) atoms. The molecule has 0 spiro atoms. The molecule has 3 aromatic rings. The van der Waals surface area contributed by atoms with Crippen LogP contribution in [-0.2, 0) is 11.3 Å². The number of fused-ring (bicyclic) bond motifs is 1. The Labute approximate surface area is 194 Å². The van der Waals surface area contributed by atoms with E-state index in [2.05, 4.69) is 27.1 Å². The van der Waals surface area contributed by atoms with Gasteiger partial charge in [-0.2, -0.15) is 4.98 Å². The molecule has 2 aromatic heterocycles. The van der Waals surface area contributed by atoms with Crippen LogP contribution in [0.4, 0.5) is 15.2 Å². The number of nitrogens with zero attached hydrogens (tertiary/aromatic N) is 4. The predicted octanol–water partition coefficient (Wildman–Crippen LogP) is 4.37. The molecule has 1 N–H and O–H groups in total. The summed E-state index contributed by atoms with van der Waals surface area (Å²) >= 11 is 2.62. The molecule has 7 nitrogen and oxygen atoms in total. The summed E-state index contributed by atoms with van der Waals surface area (Å²) in [6.07, 6.45) is 3.01. The highest BCUT2D eigenvalue weighted by molar-refractivity contribution is 7.99. The molecule has 3 heterocycles. The topological polar surface area (TPSA) is 80.1 Å². The fourth-order valence-electron chi connectivity index (χ4n) is 3.60. The van der Waals surface area contributed by atoms with E-state index >= 15 is 0 Å². The van der Waals surface area contributed by atoms with Gasteiger partial charge in [0, 0.05) is 25.3 Å². The van der Waals surface area contributed by atoms with E-state index in [1.165, 1.54) is 47.4 Å². The minimum Gasteiger partial charge on any atom is -0.348 e. The van der Waals surface area contributed by atoms with Crippen LogP contribution in [0.15, 0.2) is 34.2 Å². The minimum atomic E-state index is -0.361. The molecule has 1 saturated heterocycles. The zero-order chi connectivity index (χ0) is 22.7. The van der Waals surface area contributed by atoms with E-state index in [1.54, 1.807) is 4.57 Å². The largest absolute Gasteiger partial charge is 0.348 e. The zero-order valence-corrected chi connectivity index (χ0v) is 19.8. The van der Waals surface area contributed by atoms with Crippen LogP contribution in [0, 0.1) is 11.7 Å². The highest BCUT2D eigenvalue weighted by Crippen LogP contribution is 2.30. The van der Waals surface area contributed by atoms with Gasteiger partial charge in [0.05, 0.1) is 5.75 Å². The Kier molecular flexibility index (Phi) is 7.10. The summed E-state index contributed by atoms with van der Waals surface area (Å²) in [5.74, 6) is 0.185. The zero-order valence-electron chi connectivity index (χ0n) is 18.1. The second-order valence-corrected chi connectivity index (χ2v) is 9.93. The Morgan fingerprint density at radius 2 is 1.97 bits per heavy atom. The lowest BCUT2D eigenvalue weighted by atomic mass is 10.00. The maximum Gasteiger partial charge on any atom is 0.273 e. The second kappa shape index (κ2) is 9.99. The molecule has 0 aliphatic carbocycles. The summed E-state index contributed by atoms with van der Waals surface area (Å²) in [6, 6.07) is 5.60. The molecule has 170 valence electrons. The summed E-state index contributed by atoms with van der Waals surface area (Å²) in [5.41, 5.74) is 0.862. The van der Waals surface area contributed by atoms with Crippen molar-refractivity contribution in [1.29, 1.82) is 0 Å². The van der Waals surface area contributed by atoms with Gasteiger partial charge in [0.2, 0.25) is 5.91 Å². The Morgan fingerprint density at radius 1 is 1.25 bits per heavy atom. The smallest absolute Gasteiger partial charge is 0.273 e. The third kappa shape index (κ3) is 5.12. The SMILES string of the molecule is CCCn1c(SCC(=O)Nc2ccc(F)cc2)nc2nc(N3CCC(C)CC3)sc2c1=O. The first-order valence-corrected chi connectivity index (χ1v) is 12.6. The highest BCUT2D eigenvalue weighted by Gasteiger charge is 2.22. The molecule has 0 radical (unpaired) electrons. The Hall–Kier alpha value is -2.46. The van der Waals surface area contributed by atoms with E-state index in [0.29, 0.717) is 33.7 Å². The molecular formula is C22H26FN5O2S2. The van der Waals surface area contributed by atoms with Gasteiger partial charge in [-0.25, -0.2) is 9.37 Å². The summed E-state index contributed by atoms with van der Waals surface area (Å²) in [6.45, 7) is 6.67. The lowest BCUT2D eigenvalue weighted by molar-refractivity contribution is -0.113. The van der Waals surface area contributed by atoms with Gasteiger partial charge < -0.3 is 10.2 Å². The molecule has 0 unspecified atom stereocenters. The van der Waals surface area contributed by atoms with Crippen molar-refractivity contribution in [2.45, 2.75) is 44.8 Å². The van der Waals surface area contributed by atoms with Gasteiger partial charge in [-0.3, -0.25) is 14.2 Å². The van der Waals surface area contributed by atoms with E-state index < -0.39 is 0 Å². The average Bonchev–Trinajstić information content (AvgIpc) is 3.21. The summed E-state index contributed by atoms with van der Waals surface area (Å²) in [5, 5.41) is 4.06. The van der Waals surface area contributed by atoms with Gasteiger partial charge in [-0.15, -0.1) is 0 Å². The summed E-state index contributed by atoms with van der Waals surface area (Å²) < 4.78 is 15.2. The number of thioether (sulfide) groups is 1. The third-order valence-corrected chi connectivity index (χ3v) is 7.50. The van der Waals surface area contributed by atoms with Gasteiger partial charge in [0.25, 0.3) is 5.56 Å². The molecule has 0 bridgehead atoms. The number of rotatable bonds is 7. The number of amides is 1. The van der Waals surface area contributed by atoms with Crippen LogP contribution >= 0.6 is 23.1 Å². The van der Waals surface area contributed by atoms with Crippen LogP contribution in [0.1, 0.15) is 33.1 Å². The maximum absolute atomic E-state index is 13.2. The Bertz CT molecular complexity index is 1150. The first-order valence-electron chi connectivity index (χ1n) is 10.8. The van der Waals surface area contributed by atoms with Crippen LogP contribution in [-0.4, -0.2) is 39.3 Å². The lowest BCUT2D eigenvalue weighted by Gasteiger charge is -2.29. The number of piperidine rings is 1. The van der Waals surface area contributed by atoms with Crippen LogP contribution in [0.2, 0.25) is 0 Å². The number of halogens is 1. The molecule has 4 rings (SSSR count). The number of hydrogen-bond acceptors (Lipinski definition) is 7. The molecule has 10 heteroatoms. The fourth-order valence-corrected chi connectivity index (χ4v) is 5.42. The molecule has 0 atom stereocenters. The molecule has 1 aromatic carbocycles. The lowest BCUT2D eigenvalue weighted by Crippen LogP contribution is -2.32. The third-order valence-electron chi connectivity index (χ3n) is 5.43. The number of carbonyl (C=O) groups is 1. The molecule has 1 aliphatic rings. The number of nitrogens with one attached hydrogen (secondary N) is 1. The van der Waals surface area contributed by atoms with Crippen LogP contribution in [0.5, 0.6) is 0 Å². The van der Waals surface area contributed by atoms with Crippen LogP contribution in [0.25, 0.3) is 10.3 Å². The van der Waals surface area contributed by atoms with Crippen molar-refractivity contribution in [3.8, 4) is 0 Å². The number of carbonyl (C=O) groups excluding carboxylic acids is 1. The van der Waals surface area contributed by atoms with E-state index in [9.17, 15) is 14.0 Å². The Morgan fingerprint density at radius 3 is 2.66 bits per heavy atom. The Balaban J connectivity index is 1.54. The van der Waals surface area contributed by atoms with Gasteiger partial charge in [-0.05, 0) is 49.4 Å². The molecule has 0 saturated carbocycles. The number of thiazole rings is 1. The molecule has 1 amide bonds. The van der Waals surface area contributed by atoms with Gasteiger partial charge in [-0.1, -0.05) is 36.9 Å². The van der Waals surface area contributed by atoms with Crippen molar-refractivity contribution in [3.63, 3.8) is 0 Å². The molecule has 1 aliphatic heterocycles. The number of benzene rings is 1. The second-order valence-electron chi connectivity index (χ2n) is 8.01. The van der Waals surface area contributed by atoms with Gasteiger partial charge in [0.1, 0.15) is 10.5 Å². The minimum absolute atomic E-state index is 0.0834. The van der Waals surface area contributed by atoms with Crippen molar-refractivity contribution < 1.29 is 9.18 Å². The van der Waals surface area contributed by atoms with Crippen molar-refractivity contribution in [2.75, 3.05) is 29.1 Å². The normalized spacial score (nSPS) is 14.8. The van der Waals surface area contributed by atoms with Crippen molar-refractivity contribution in [3.05, 3.63) is 40.4 Å². The molecule has 1 fully saturated rings. The first kappa shape index (κ1) is 22.7. The number of aromatic nitrogens is 3. The maximum atomic E-state index is 13.2. The van der Waals surface area contributed by atoms with E-state index in [1.807, 2.05) is 6.92 Å². The monoisotopic (exact) mass is 475 g/mol. The van der Waals surface area contributed by atoms with Crippen molar-refractivity contribution in [2.24, 2.45) is 5.92 Å². The average molecular weight is 476 g/mol. The quantitative estimate of drug-likeness (QED) is 0.404. The van der Waals surface area contributed by atoms with E-state index in [0.717, 1.165) is 37.5 Å². The summed E-state index contributed by atoms with van der Waals surface area (Å²) in [7, 11) is 0. The van der Waals surface area contributed by atoms with Crippen molar-refractivity contribution in [1.82, 2.24) is 14.5 Å². The van der Waals surface area contributed by atoms with Gasteiger partial charge >= 0.3 is 0 Å². The van der Waals surface area contributed by atoms with E-state index in [-0.39, 0.29) is 23.0 Å². The number of hydrogen-bond donors (Lipinski definition) is 1. The van der Waals surface area contributed by atoms with Crippen LogP contribution < -0.4 is 15.8 Å². The standard InChI is InChI=1S/C22H26FN5O2S2/c1-3-10-28-20(30)18-19(25-21(32-18)27-11-8-14(2)9-12-27)26-22(28)31-13-17(29)24-16-6-4-15(23)5-7-16/h4-7,14H,3,8-13H2,1-2H3,(H,24,29). The van der Waals surface area contributed by atoms with Crippen molar-refractivity contribution >= 4 is 50.2 Å². The first-order chi connectivity index (χ1) is 15.4. The van der Waals surface area contributed by atoms with Crippen LogP contribution in [0.3, 0.4) is 0 Å². The highest BCUT2D eigenvalue weighted by atomic mass is 32.2. The summed E-state index contributed by atoms with van der Waals surface area (Å²) in [4.78, 5) is 37.1.